The van der Waals surface area contributed by atoms with Gasteiger partial charge >= 0.3 is 12.0 Å². The average Bonchev–Trinajstić information content (AvgIpc) is 3.08. The van der Waals surface area contributed by atoms with Gasteiger partial charge in [0.15, 0.2) is 5.82 Å². The molecule has 0 aliphatic carbocycles. The number of nitrogens with one attached hydrogen (secondary N) is 2. The van der Waals surface area contributed by atoms with Crippen molar-refractivity contribution in [2.24, 2.45) is 23.3 Å². The van der Waals surface area contributed by atoms with Crippen LogP contribution in [-0.2, 0) is 4.79 Å². The smallest absolute Gasteiger partial charge is 0.326 e. The number of aliphatic carboxylic acids is 1. The predicted molar refractivity (Wildman–Crippen MR) is 104 cm³/mol. The number of carboxylic acid groups (broad SMARTS) is 1. The third kappa shape index (κ3) is 7.81. The Morgan fingerprint density at radius 2 is 1.86 bits per heavy atom. The molecule has 7 N–H and O–H groups in total. The monoisotopic (exact) mass is 398 g/mol. The molecule has 3 atom stereocenters. The minimum absolute atomic E-state index is 0.0547. The van der Waals surface area contributed by atoms with E-state index in [0.29, 0.717) is 25.2 Å². The minimum atomic E-state index is -1.08. The van der Waals surface area contributed by atoms with Crippen molar-refractivity contribution in [1.82, 2.24) is 20.8 Å². The van der Waals surface area contributed by atoms with E-state index in [1.165, 1.54) is 0 Å². The fourth-order valence-electron chi connectivity index (χ4n) is 2.71. The molecular formula is C18H34N6O4. The van der Waals surface area contributed by atoms with Gasteiger partial charge in [-0.15, -0.1) is 0 Å². The Balaban J connectivity index is 2.77. The standard InChI is InChI=1S/C18H34N6O4/c1-10(2)9-13(17(25)26)21-18(27)22-14(11(3)4)16-23-15(24-28-16)12(20)7-5-6-8-19/h10-14H,5-9,19-20H2,1-4H3,(H,25,26)(H2,21,22,27)/t12-,13-,14-/m0/s1. The number of urea groups is 1. The Hall–Kier alpha value is -2.20. The fourth-order valence-corrected chi connectivity index (χ4v) is 2.71. The summed E-state index contributed by atoms with van der Waals surface area (Å²) in [5.74, 6) is -0.385. The summed E-state index contributed by atoms with van der Waals surface area (Å²) in [5.41, 5.74) is 11.6. The van der Waals surface area contributed by atoms with Crippen molar-refractivity contribution in [3.63, 3.8) is 0 Å². The second kappa shape index (κ2) is 11.6. The Morgan fingerprint density at radius 3 is 2.39 bits per heavy atom. The lowest BCUT2D eigenvalue weighted by atomic mass is 10.0. The maximum atomic E-state index is 12.3. The van der Waals surface area contributed by atoms with Crippen LogP contribution in [0.1, 0.15) is 77.2 Å². The zero-order chi connectivity index (χ0) is 21.3. The van der Waals surface area contributed by atoms with E-state index in [4.69, 9.17) is 16.0 Å². The largest absolute Gasteiger partial charge is 0.480 e. The Morgan fingerprint density at radius 1 is 1.18 bits per heavy atom. The molecule has 0 radical (unpaired) electrons. The number of nitrogens with zero attached hydrogens (tertiary/aromatic N) is 2. The lowest BCUT2D eigenvalue weighted by Crippen LogP contribution is -2.48. The van der Waals surface area contributed by atoms with Gasteiger partial charge in [-0.1, -0.05) is 39.3 Å². The van der Waals surface area contributed by atoms with E-state index in [-0.39, 0.29) is 23.8 Å². The topological polar surface area (TPSA) is 169 Å². The highest BCUT2D eigenvalue weighted by Crippen LogP contribution is 2.22. The van der Waals surface area contributed by atoms with E-state index in [2.05, 4.69) is 20.8 Å². The number of unbranched alkanes of at least 4 members (excludes halogenated alkanes) is 1. The number of nitrogens with two attached hydrogens (primary N) is 2. The van der Waals surface area contributed by atoms with Crippen LogP contribution in [0.3, 0.4) is 0 Å². The number of carboxylic acids is 1. The molecule has 0 aromatic carbocycles. The highest BCUT2D eigenvalue weighted by atomic mass is 16.5. The first-order chi connectivity index (χ1) is 13.1. The first kappa shape index (κ1) is 23.8. The summed E-state index contributed by atoms with van der Waals surface area (Å²) in [5, 5.41) is 18.4. The van der Waals surface area contributed by atoms with E-state index in [9.17, 15) is 14.7 Å². The summed E-state index contributed by atoms with van der Waals surface area (Å²) in [6, 6.07) is -2.50. The van der Waals surface area contributed by atoms with Crippen molar-refractivity contribution in [2.45, 2.75) is 71.5 Å². The van der Waals surface area contributed by atoms with Gasteiger partial charge in [-0.05, 0) is 37.6 Å². The van der Waals surface area contributed by atoms with Crippen molar-refractivity contribution in [3.05, 3.63) is 11.7 Å². The van der Waals surface area contributed by atoms with Gasteiger partial charge in [-0.2, -0.15) is 4.98 Å². The summed E-state index contributed by atoms with van der Waals surface area (Å²) >= 11 is 0. The predicted octanol–water partition coefficient (Wildman–Crippen LogP) is 1.69. The van der Waals surface area contributed by atoms with Crippen LogP contribution >= 0.6 is 0 Å². The van der Waals surface area contributed by atoms with Crippen LogP contribution in [0.25, 0.3) is 0 Å². The molecule has 1 heterocycles. The van der Waals surface area contributed by atoms with Crippen molar-refractivity contribution in [3.8, 4) is 0 Å². The Labute approximate surface area is 165 Å². The molecule has 0 spiro atoms. The Kier molecular flexibility index (Phi) is 9.88. The number of amides is 2. The van der Waals surface area contributed by atoms with Crippen LogP contribution in [0.15, 0.2) is 4.52 Å². The molecule has 1 aromatic heterocycles. The highest BCUT2D eigenvalue weighted by Gasteiger charge is 2.28. The lowest BCUT2D eigenvalue weighted by molar-refractivity contribution is -0.139. The van der Waals surface area contributed by atoms with Crippen LogP contribution in [0.4, 0.5) is 4.79 Å². The zero-order valence-electron chi connectivity index (χ0n) is 17.1. The van der Waals surface area contributed by atoms with Gasteiger partial charge in [0.1, 0.15) is 12.1 Å². The van der Waals surface area contributed by atoms with Crippen LogP contribution in [-0.4, -0.2) is 39.8 Å². The maximum absolute atomic E-state index is 12.3. The summed E-state index contributed by atoms with van der Waals surface area (Å²) in [6.07, 6.45) is 2.75. The molecule has 10 nitrogen and oxygen atoms in total. The molecule has 1 rings (SSSR count). The first-order valence-corrected chi connectivity index (χ1v) is 9.74. The van der Waals surface area contributed by atoms with Gasteiger partial charge in [0.25, 0.3) is 0 Å². The number of hydrogen-bond acceptors (Lipinski definition) is 7. The molecule has 28 heavy (non-hydrogen) atoms. The van der Waals surface area contributed by atoms with Gasteiger partial charge < -0.3 is 31.7 Å². The summed E-state index contributed by atoms with van der Waals surface area (Å²) < 4.78 is 5.31. The number of carbonyl (C=O) groups is 2. The third-order valence-corrected chi connectivity index (χ3v) is 4.29. The van der Waals surface area contributed by atoms with E-state index in [1.54, 1.807) is 0 Å². The molecule has 0 saturated heterocycles. The second-order valence-corrected chi connectivity index (χ2v) is 7.74. The van der Waals surface area contributed by atoms with Gasteiger partial charge in [0, 0.05) is 0 Å². The van der Waals surface area contributed by atoms with Gasteiger partial charge in [0.05, 0.1) is 6.04 Å². The molecule has 0 aliphatic rings. The van der Waals surface area contributed by atoms with Gasteiger partial charge in [-0.3, -0.25) is 0 Å². The van der Waals surface area contributed by atoms with Crippen LogP contribution in [0.2, 0.25) is 0 Å². The molecule has 0 bridgehead atoms. The normalized spacial score (nSPS) is 14.7. The molecule has 0 unspecified atom stereocenters. The quantitative estimate of drug-likeness (QED) is 0.331. The van der Waals surface area contributed by atoms with Gasteiger partial charge in [-0.25, -0.2) is 9.59 Å². The zero-order valence-corrected chi connectivity index (χ0v) is 17.1. The summed E-state index contributed by atoms with van der Waals surface area (Å²) in [4.78, 5) is 28.0. The highest BCUT2D eigenvalue weighted by molar-refractivity contribution is 5.82. The average molecular weight is 399 g/mol. The molecule has 0 fully saturated rings. The van der Waals surface area contributed by atoms with Crippen molar-refractivity contribution in [2.75, 3.05) is 6.54 Å². The van der Waals surface area contributed by atoms with E-state index < -0.39 is 24.1 Å². The summed E-state index contributed by atoms with van der Waals surface area (Å²) in [6.45, 7) is 8.16. The molecular weight excluding hydrogens is 364 g/mol. The molecule has 160 valence electrons. The van der Waals surface area contributed by atoms with E-state index in [0.717, 1.165) is 12.8 Å². The maximum Gasteiger partial charge on any atom is 0.326 e. The SMILES string of the molecule is CC(C)C[C@H](NC(=O)N[C@H](c1nc([C@@H](N)CCCCN)no1)C(C)C)C(=O)O. The fraction of sp³-hybridized carbons (Fsp3) is 0.778. The molecule has 0 aliphatic heterocycles. The number of hydrogen-bond donors (Lipinski definition) is 5. The summed E-state index contributed by atoms with van der Waals surface area (Å²) in [7, 11) is 0. The number of carbonyl (C=O) groups excluding carboxylic acids is 1. The molecule has 10 heteroatoms. The number of rotatable bonds is 12. The van der Waals surface area contributed by atoms with Crippen molar-refractivity contribution in [1.29, 1.82) is 0 Å². The van der Waals surface area contributed by atoms with Gasteiger partial charge in [0.2, 0.25) is 5.89 Å². The van der Waals surface area contributed by atoms with Crippen LogP contribution in [0, 0.1) is 11.8 Å². The van der Waals surface area contributed by atoms with Crippen LogP contribution < -0.4 is 22.1 Å². The minimum Gasteiger partial charge on any atom is -0.480 e. The molecule has 0 saturated carbocycles. The lowest BCUT2D eigenvalue weighted by Gasteiger charge is -2.21. The molecule has 1 aromatic rings. The third-order valence-electron chi connectivity index (χ3n) is 4.29. The van der Waals surface area contributed by atoms with Crippen molar-refractivity contribution >= 4 is 12.0 Å². The Bertz CT molecular complexity index is 619. The molecule has 2 amide bonds. The van der Waals surface area contributed by atoms with Crippen molar-refractivity contribution < 1.29 is 19.2 Å². The number of aromatic nitrogens is 2. The van der Waals surface area contributed by atoms with Crippen LogP contribution in [0.5, 0.6) is 0 Å². The first-order valence-electron chi connectivity index (χ1n) is 9.74. The second-order valence-electron chi connectivity index (χ2n) is 7.74. The van der Waals surface area contributed by atoms with E-state index >= 15 is 0 Å². The van der Waals surface area contributed by atoms with E-state index in [1.807, 2.05) is 27.7 Å².